The van der Waals surface area contributed by atoms with Gasteiger partial charge in [0.1, 0.15) is 6.04 Å². The van der Waals surface area contributed by atoms with Crippen molar-refractivity contribution >= 4 is 33.5 Å². The molecule has 1 N–H and O–H groups in total. The van der Waals surface area contributed by atoms with Gasteiger partial charge in [-0.15, -0.1) is 0 Å². The molecule has 1 aromatic rings. The molecule has 0 aliphatic rings. The summed E-state index contributed by atoms with van der Waals surface area (Å²) in [5, 5.41) is 13.1. The summed E-state index contributed by atoms with van der Waals surface area (Å²) in [7, 11) is 0. The molecule has 0 aliphatic heterocycles. The first-order valence-corrected chi connectivity index (χ1v) is 6.57. The van der Waals surface area contributed by atoms with Crippen LogP contribution in [0.4, 0.5) is 5.69 Å². The highest BCUT2D eigenvalue weighted by Gasteiger charge is 2.20. The molecule has 8 heteroatoms. The number of ether oxygens (including phenoxy) is 1. The molecule has 1 aromatic carbocycles. The van der Waals surface area contributed by atoms with Crippen molar-refractivity contribution in [2.24, 2.45) is 0 Å². The maximum Gasteiger partial charge on any atom is 0.328 e. The van der Waals surface area contributed by atoms with Crippen LogP contribution < -0.4 is 5.32 Å². The van der Waals surface area contributed by atoms with E-state index in [9.17, 15) is 19.7 Å². The largest absolute Gasteiger partial charge is 0.464 e. The first-order valence-electron chi connectivity index (χ1n) is 5.78. The van der Waals surface area contributed by atoms with Gasteiger partial charge in [-0.05, 0) is 35.8 Å². The van der Waals surface area contributed by atoms with Gasteiger partial charge in [0, 0.05) is 16.6 Å². The van der Waals surface area contributed by atoms with E-state index in [2.05, 4.69) is 21.2 Å². The summed E-state index contributed by atoms with van der Waals surface area (Å²) >= 11 is 3.14. The van der Waals surface area contributed by atoms with Crippen molar-refractivity contribution < 1.29 is 19.2 Å². The van der Waals surface area contributed by atoms with Gasteiger partial charge in [-0.25, -0.2) is 4.79 Å². The van der Waals surface area contributed by atoms with Gasteiger partial charge in [0.15, 0.2) is 0 Å². The Labute approximate surface area is 123 Å². The summed E-state index contributed by atoms with van der Waals surface area (Å²) < 4.78 is 5.16. The Morgan fingerprint density at radius 2 is 2.15 bits per heavy atom. The molecule has 0 bridgehead atoms. The van der Waals surface area contributed by atoms with Crippen LogP contribution in [0.1, 0.15) is 24.2 Å². The normalized spacial score (nSPS) is 11.6. The SMILES string of the molecule is CCOC(=O)C(C)NC(=O)c1cc([N+](=O)[O-])ccc1Br. The van der Waals surface area contributed by atoms with Crippen LogP contribution in [0, 0.1) is 10.1 Å². The Kier molecular flexibility index (Phi) is 5.63. The molecule has 1 rings (SSSR count). The van der Waals surface area contributed by atoms with E-state index in [0.717, 1.165) is 6.07 Å². The molecule has 0 aromatic heterocycles. The van der Waals surface area contributed by atoms with E-state index < -0.39 is 22.8 Å². The molecule has 0 fully saturated rings. The number of nitro benzene ring substituents is 1. The average molecular weight is 345 g/mol. The van der Waals surface area contributed by atoms with Crippen molar-refractivity contribution in [1.29, 1.82) is 0 Å². The molecule has 108 valence electrons. The van der Waals surface area contributed by atoms with Crippen LogP contribution in [-0.2, 0) is 9.53 Å². The lowest BCUT2D eigenvalue weighted by molar-refractivity contribution is -0.384. The molecule has 0 aliphatic carbocycles. The number of nitrogens with one attached hydrogen (secondary N) is 1. The molecule has 0 spiro atoms. The minimum atomic E-state index is -0.839. The molecule has 1 unspecified atom stereocenters. The Morgan fingerprint density at radius 3 is 2.70 bits per heavy atom. The summed E-state index contributed by atoms with van der Waals surface area (Å²) in [4.78, 5) is 33.5. The van der Waals surface area contributed by atoms with E-state index in [-0.39, 0.29) is 17.9 Å². The van der Waals surface area contributed by atoms with Gasteiger partial charge >= 0.3 is 5.97 Å². The standard InChI is InChI=1S/C12H13BrN2O5/c1-3-20-12(17)7(2)14-11(16)9-6-8(15(18)19)4-5-10(9)13/h4-7H,3H2,1-2H3,(H,14,16). The van der Waals surface area contributed by atoms with Gasteiger partial charge < -0.3 is 10.1 Å². The molecule has 20 heavy (non-hydrogen) atoms. The Morgan fingerprint density at radius 1 is 1.50 bits per heavy atom. The van der Waals surface area contributed by atoms with Crippen LogP contribution in [0.15, 0.2) is 22.7 Å². The molecule has 0 saturated heterocycles. The van der Waals surface area contributed by atoms with E-state index in [4.69, 9.17) is 4.74 Å². The maximum atomic E-state index is 12.0. The molecular formula is C12H13BrN2O5. The van der Waals surface area contributed by atoms with Crippen LogP contribution in [-0.4, -0.2) is 29.4 Å². The van der Waals surface area contributed by atoms with Gasteiger partial charge in [-0.1, -0.05) is 0 Å². The number of hydrogen-bond acceptors (Lipinski definition) is 5. The monoisotopic (exact) mass is 344 g/mol. The minimum Gasteiger partial charge on any atom is -0.464 e. The zero-order valence-corrected chi connectivity index (χ0v) is 12.5. The van der Waals surface area contributed by atoms with E-state index in [1.165, 1.54) is 19.1 Å². The average Bonchev–Trinajstić information content (AvgIpc) is 2.38. The number of non-ortho nitro benzene ring substituents is 1. The van der Waals surface area contributed by atoms with Crippen LogP contribution in [0.2, 0.25) is 0 Å². The number of nitrogens with zero attached hydrogens (tertiary/aromatic N) is 1. The second kappa shape index (κ2) is 6.99. The lowest BCUT2D eigenvalue weighted by atomic mass is 10.2. The van der Waals surface area contributed by atoms with E-state index >= 15 is 0 Å². The summed E-state index contributed by atoms with van der Waals surface area (Å²) in [6, 6.07) is 2.98. The Balaban J connectivity index is 2.89. The highest BCUT2D eigenvalue weighted by atomic mass is 79.9. The number of carbonyl (C=O) groups excluding carboxylic acids is 2. The topological polar surface area (TPSA) is 98.5 Å². The van der Waals surface area contributed by atoms with Crippen molar-refractivity contribution in [1.82, 2.24) is 5.32 Å². The van der Waals surface area contributed by atoms with Crippen LogP contribution in [0.5, 0.6) is 0 Å². The lowest BCUT2D eigenvalue weighted by Crippen LogP contribution is -2.39. The predicted octanol–water partition coefficient (Wildman–Crippen LogP) is 2.04. The number of benzene rings is 1. The zero-order valence-electron chi connectivity index (χ0n) is 10.9. The van der Waals surface area contributed by atoms with Crippen molar-refractivity contribution in [3.05, 3.63) is 38.3 Å². The number of esters is 1. The maximum absolute atomic E-state index is 12.0. The summed E-state index contributed by atoms with van der Waals surface area (Å²) in [6.45, 7) is 3.34. The first-order chi connectivity index (χ1) is 9.36. The van der Waals surface area contributed by atoms with Crippen LogP contribution in [0.3, 0.4) is 0 Å². The summed E-state index contributed by atoms with van der Waals surface area (Å²) in [5.74, 6) is -1.16. The van der Waals surface area contributed by atoms with E-state index in [1.807, 2.05) is 0 Å². The highest BCUT2D eigenvalue weighted by Crippen LogP contribution is 2.22. The van der Waals surface area contributed by atoms with E-state index in [0.29, 0.717) is 4.47 Å². The molecule has 1 amide bonds. The Hall–Kier alpha value is -1.96. The predicted molar refractivity (Wildman–Crippen MR) is 74.4 cm³/mol. The second-order valence-electron chi connectivity index (χ2n) is 3.87. The lowest BCUT2D eigenvalue weighted by Gasteiger charge is -2.13. The zero-order chi connectivity index (χ0) is 15.3. The number of hydrogen-bond donors (Lipinski definition) is 1. The third-order valence-corrected chi connectivity index (χ3v) is 3.08. The molecular weight excluding hydrogens is 332 g/mol. The van der Waals surface area contributed by atoms with Crippen LogP contribution in [0.25, 0.3) is 0 Å². The quantitative estimate of drug-likeness (QED) is 0.500. The summed E-state index contributed by atoms with van der Waals surface area (Å²) in [5.41, 5.74) is -0.127. The molecule has 7 nitrogen and oxygen atoms in total. The molecule has 0 radical (unpaired) electrons. The number of halogens is 1. The van der Waals surface area contributed by atoms with Gasteiger partial charge in [-0.2, -0.15) is 0 Å². The highest BCUT2D eigenvalue weighted by molar-refractivity contribution is 9.10. The molecule has 1 atom stereocenters. The van der Waals surface area contributed by atoms with Crippen LogP contribution >= 0.6 is 15.9 Å². The number of rotatable bonds is 5. The van der Waals surface area contributed by atoms with Crippen molar-refractivity contribution in [2.75, 3.05) is 6.61 Å². The first kappa shape index (κ1) is 16.1. The van der Waals surface area contributed by atoms with Crippen molar-refractivity contribution in [3.8, 4) is 0 Å². The smallest absolute Gasteiger partial charge is 0.328 e. The van der Waals surface area contributed by atoms with Gasteiger partial charge in [0.2, 0.25) is 0 Å². The van der Waals surface area contributed by atoms with E-state index in [1.54, 1.807) is 6.92 Å². The van der Waals surface area contributed by atoms with Crippen molar-refractivity contribution in [2.45, 2.75) is 19.9 Å². The second-order valence-corrected chi connectivity index (χ2v) is 4.72. The molecule has 0 saturated carbocycles. The fourth-order valence-corrected chi connectivity index (χ4v) is 1.83. The molecule has 0 heterocycles. The number of nitro groups is 1. The third-order valence-electron chi connectivity index (χ3n) is 2.39. The van der Waals surface area contributed by atoms with Crippen molar-refractivity contribution in [3.63, 3.8) is 0 Å². The van der Waals surface area contributed by atoms with Gasteiger partial charge in [0.05, 0.1) is 17.1 Å². The number of amides is 1. The van der Waals surface area contributed by atoms with Gasteiger partial charge in [-0.3, -0.25) is 14.9 Å². The minimum absolute atomic E-state index is 0.0790. The summed E-state index contributed by atoms with van der Waals surface area (Å²) in [6.07, 6.45) is 0. The fraction of sp³-hybridized carbons (Fsp3) is 0.333. The number of carbonyl (C=O) groups is 2. The third kappa shape index (κ3) is 4.02. The fourth-order valence-electron chi connectivity index (χ4n) is 1.40. The Bertz CT molecular complexity index is 547. The van der Waals surface area contributed by atoms with Gasteiger partial charge in [0.25, 0.3) is 11.6 Å².